The molecule has 6 heteroatoms. The number of fused-ring (bicyclic) bond motifs is 1. The summed E-state index contributed by atoms with van der Waals surface area (Å²) in [6.45, 7) is 0.556. The third kappa shape index (κ3) is 1.96. The SMILES string of the molecule is Cn1cnc(CNc2nc3ccccc3[nH]2)n1. The number of aryl methyl sites for hydroxylation is 1. The molecule has 0 aliphatic heterocycles. The smallest absolute Gasteiger partial charge is 0.201 e. The first-order valence-electron chi connectivity index (χ1n) is 5.34. The highest BCUT2D eigenvalue weighted by atomic mass is 15.3. The number of imidazole rings is 1. The van der Waals surface area contributed by atoms with E-state index in [4.69, 9.17) is 0 Å². The monoisotopic (exact) mass is 228 g/mol. The predicted molar refractivity (Wildman–Crippen MR) is 64.4 cm³/mol. The molecule has 0 unspecified atom stereocenters. The maximum Gasteiger partial charge on any atom is 0.201 e. The van der Waals surface area contributed by atoms with Crippen LogP contribution in [0.15, 0.2) is 30.6 Å². The molecule has 0 spiro atoms. The van der Waals surface area contributed by atoms with E-state index < -0.39 is 0 Å². The molecule has 17 heavy (non-hydrogen) atoms. The lowest BCUT2D eigenvalue weighted by atomic mass is 10.3. The summed E-state index contributed by atoms with van der Waals surface area (Å²) in [5.41, 5.74) is 1.97. The molecule has 2 heterocycles. The van der Waals surface area contributed by atoms with Gasteiger partial charge < -0.3 is 10.3 Å². The molecular weight excluding hydrogens is 216 g/mol. The fourth-order valence-electron chi connectivity index (χ4n) is 1.66. The summed E-state index contributed by atoms with van der Waals surface area (Å²) < 4.78 is 1.68. The second-order valence-electron chi connectivity index (χ2n) is 3.79. The number of anilines is 1. The molecule has 0 atom stereocenters. The van der Waals surface area contributed by atoms with Gasteiger partial charge in [-0.2, -0.15) is 5.10 Å². The Bertz CT molecular complexity index is 605. The van der Waals surface area contributed by atoms with Gasteiger partial charge in [0, 0.05) is 7.05 Å². The number of rotatable bonds is 3. The quantitative estimate of drug-likeness (QED) is 0.709. The molecule has 0 aliphatic carbocycles. The maximum atomic E-state index is 4.41. The van der Waals surface area contributed by atoms with E-state index in [0.29, 0.717) is 6.54 Å². The number of hydrogen-bond donors (Lipinski definition) is 2. The number of hydrogen-bond acceptors (Lipinski definition) is 4. The van der Waals surface area contributed by atoms with Gasteiger partial charge in [-0.1, -0.05) is 12.1 Å². The molecule has 0 saturated heterocycles. The summed E-state index contributed by atoms with van der Waals surface area (Å²) >= 11 is 0. The third-order valence-electron chi connectivity index (χ3n) is 2.45. The number of benzene rings is 1. The van der Waals surface area contributed by atoms with Crippen molar-refractivity contribution in [1.29, 1.82) is 0 Å². The van der Waals surface area contributed by atoms with E-state index in [1.165, 1.54) is 0 Å². The average Bonchev–Trinajstić information content (AvgIpc) is 2.91. The molecule has 0 fully saturated rings. The van der Waals surface area contributed by atoms with E-state index in [2.05, 4.69) is 25.4 Å². The Morgan fingerprint density at radius 3 is 3.00 bits per heavy atom. The summed E-state index contributed by atoms with van der Waals surface area (Å²) in [5.74, 6) is 1.48. The highest BCUT2D eigenvalue weighted by Gasteiger charge is 2.03. The largest absolute Gasteiger partial charge is 0.348 e. The van der Waals surface area contributed by atoms with Crippen molar-refractivity contribution in [1.82, 2.24) is 24.7 Å². The first kappa shape index (κ1) is 9.83. The van der Waals surface area contributed by atoms with Crippen LogP contribution in [0.2, 0.25) is 0 Å². The first-order valence-corrected chi connectivity index (χ1v) is 5.34. The highest BCUT2D eigenvalue weighted by molar-refractivity contribution is 5.77. The van der Waals surface area contributed by atoms with Gasteiger partial charge in [0.15, 0.2) is 5.82 Å². The highest BCUT2D eigenvalue weighted by Crippen LogP contribution is 2.13. The molecule has 3 aromatic rings. The predicted octanol–water partition coefficient (Wildman–Crippen LogP) is 1.30. The minimum absolute atomic E-state index is 0.556. The van der Waals surface area contributed by atoms with E-state index in [9.17, 15) is 0 Å². The average molecular weight is 228 g/mol. The van der Waals surface area contributed by atoms with Crippen molar-refractivity contribution < 1.29 is 0 Å². The molecular formula is C11H12N6. The van der Waals surface area contributed by atoms with Gasteiger partial charge in [0.2, 0.25) is 5.95 Å². The van der Waals surface area contributed by atoms with Crippen LogP contribution in [0.4, 0.5) is 5.95 Å². The second-order valence-corrected chi connectivity index (χ2v) is 3.79. The zero-order chi connectivity index (χ0) is 11.7. The number of H-pyrrole nitrogens is 1. The minimum atomic E-state index is 0.556. The number of nitrogens with one attached hydrogen (secondary N) is 2. The lowest BCUT2D eigenvalue weighted by molar-refractivity contribution is 0.746. The fraction of sp³-hybridized carbons (Fsp3) is 0.182. The summed E-state index contributed by atoms with van der Waals surface area (Å²) in [7, 11) is 1.84. The van der Waals surface area contributed by atoms with Gasteiger partial charge in [0.05, 0.1) is 17.6 Å². The van der Waals surface area contributed by atoms with Gasteiger partial charge in [-0.15, -0.1) is 0 Å². The Labute approximate surface area is 97.7 Å². The number of aromatic nitrogens is 5. The lowest BCUT2D eigenvalue weighted by Crippen LogP contribution is -2.03. The Hall–Kier alpha value is -2.37. The van der Waals surface area contributed by atoms with Crippen molar-refractivity contribution in [3.05, 3.63) is 36.4 Å². The van der Waals surface area contributed by atoms with Gasteiger partial charge in [-0.3, -0.25) is 4.68 Å². The van der Waals surface area contributed by atoms with Crippen LogP contribution >= 0.6 is 0 Å². The maximum absolute atomic E-state index is 4.41. The van der Waals surface area contributed by atoms with Crippen LogP contribution < -0.4 is 5.32 Å². The van der Waals surface area contributed by atoms with Crippen LogP contribution in [0.5, 0.6) is 0 Å². The van der Waals surface area contributed by atoms with Gasteiger partial charge in [-0.25, -0.2) is 9.97 Å². The van der Waals surface area contributed by atoms with E-state index in [-0.39, 0.29) is 0 Å². The first-order chi connectivity index (χ1) is 8.31. The van der Waals surface area contributed by atoms with Crippen molar-refractivity contribution in [3.8, 4) is 0 Å². The van der Waals surface area contributed by atoms with E-state index in [1.54, 1.807) is 11.0 Å². The van der Waals surface area contributed by atoms with Crippen LogP contribution in [-0.2, 0) is 13.6 Å². The van der Waals surface area contributed by atoms with Crippen molar-refractivity contribution in [2.45, 2.75) is 6.54 Å². The van der Waals surface area contributed by atoms with Crippen LogP contribution in [-0.4, -0.2) is 24.7 Å². The Kier molecular flexibility index (Phi) is 2.25. The molecule has 0 bridgehead atoms. The van der Waals surface area contributed by atoms with E-state index in [0.717, 1.165) is 22.8 Å². The van der Waals surface area contributed by atoms with Gasteiger partial charge in [0.1, 0.15) is 6.33 Å². The molecule has 2 N–H and O–H groups in total. The van der Waals surface area contributed by atoms with Gasteiger partial charge in [-0.05, 0) is 12.1 Å². The van der Waals surface area contributed by atoms with Crippen LogP contribution in [0.1, 0.15) is 5.82 Å². The molecule has 6 nitrogen and oxygen atoms in total. The number of aromatic amines is 1. The lowest BCUT2D eigenvalue weighted by Gasteiger charge is -1.97. The van der Waals surface area contributed by atoms with Crippen molar-refractivity contribution in [3.63, 3.8) is 0 Å². The summed E-state index contributed by atoms with van der Waals surface area (Å²) in [6, 6.07) is 7.90. The zero-order valence-corrected chi connectivity index (χ0v) is 9.38. The van der Waals surface area contributed by atoms with E-state index >= 15 is 0 Å². The summed E-state index contributed by atoms with van der Waals surface area (Å²) in [6.07, 6.45) is 1.68. The molecule has 0 radical (unpaired) electrons. The molecule has 1 aromatic carbocycles. The fourth-order valence-corrected chi connectivity index (χ4v) is 1.66. The molecule has 2 aromatic heterocycles. The van der Waals surface area contributed by atoms with Crippen molar-refractivity contribution in [2.75, 3.05) is 5.32 Å². The summed E-state index contributed by atoms with van der Waals surface area (Å²) in [5, 5.41) is 7.34. The van der Waals surface area contributed by atoms with Crippen LogP contribution in [0.25, 0.3) is 11.0 Å². The van der Waals surface area contributed by atoms with Crippen molar-refractivity contribution >= 4 is 17.0 Å². The normalized spacial score (nSPS) is 10.9. The molecule has 0 saturated carbocycles. The summed E-state index contributed by atoms with van der Waals surface area (Å²) in [4.78, 5) is 11.7. The minimum Gasteiger partial charge on any atom is -0.348 e. The standard InChI is InChI=1S/C11H12N6/c1-17-7-13-10(16-17)6-12-11-14-8-4-2-3-5-9(8)15-11/h2-5,7H,6H2,1H3,(H2,12,14,15). The Morgan fingerprint density at radius 2 is 2.24 bits per heavy atom. The van der Waals surface area contributed by atoms with Gasteiger partial charge in [0.25, 0.3) is 0 Å². The van der Waals surface area contributed by atoms with E-state index in [1.807, 2.05) is 31.3 Å². The van der Waals surface area contributed by atoms with Crippen LogP contribution in [0.3, 0.4) is 0 Å². The number of nitrogens with zero attached hydrogens (tertiary/aromatic N) is 4. The third-order valence-corrected chi connectivity index (χ3v) is 2.45. The zero-order valence-electron chi connectivity index (χ0n) is 9.38. The Morgan fingerprint density at radius 1 is 1.35 bits per heavy atom. The molecule has 86 valence electrons. The second kappa shape index (κ2) is 3.89. The topological polar surface area (TPSA) is 71.4 Å². The molecule has 0 aliphatic rings. The molecule has 0 amide bonds. The number of para-hydroxylation sites is 2. The van der Waals surface area contributed by atoms with Gasteiger partial charge >= 0.3 is 0 Å². The molecule has 3 rings (SSSR count). The Balaban J connectivity index is 1.76. The van der Waals surface area contributed by atoms with Crippen molar-refractivity contribution in [2.24, 2.45) is 7.05 Å². The van der Waals surface area contributed by atoms with Crippen LogP contribution in [0, 0.1) is 0 Å².